The zero-order valence-electron chi connectivity index (χ0n) is 33.5. The third-order valence-electron chi connectivity index (χ3n) is 9.76. The molecule has 1 saturated carbocycles. The van der Waals surface area contributed by atoms with Crippen LogP contribution in [0.5, 0.6) is 5.75 Å². The van der Waals surface area contributed by atoms with Crippen LogP contribution in [0.1, 0.15) is 78.3 Å². The molecule has 0 unspecified atom stereocenters. The third kappa shape index (κ3) is 11.6. The van der Waals surface area contributed by atoms with E-state index in [0.29, 0.717) is 36.8 Å². The average molecular weight is 736 g/mol. The number of aromatic nitrogens is 2. The molecule has 10 nitrogen and oxygen atoms in total. The van der Waals surface area contributed by atoms with Crippen molar-refractivity contribution in [3.8, 4) is 5.75 Å². The van der Waals surface area contributed by atoms with Crippen molar-refractivity contribution in [2.45, 2.75) is 87.5 Å². The van der Waals surface area contributed by atoms with E-state index in [-0.39, 0.29) is 5.56 Å². The van der Waals surface area contributed by atoms with Gasteiger partial charge in [0, 0.05) is 73.2 Å². The second-order valence-corrected chi connectivity index (χ2v) is 15.1. The molecule has 1 saturated heterocycles. The molecule has 52 heavy (non-hydrogen) atoms. The summed E-state index contributed by atoms with van der Waals surface area (Å²) in [7, 11) is 5.11. The Kier molecular flexibility index (Phi) is 17.3. The molecular weight excluding hydrogens is 671 g/mol. The first kappa shape index (κ1) is 43.2. The predicted octanol–water partition coefficient (Wildman–Crippen LogP) is 6.43. The molecule has 0 amide bonds. The van der Waals surface area contributed by atoms with Gasteiger partial charge < -0.3 is 14.7 Å². The number of likely N-dealkylation sites (N-methyl/N-ethyl adjacent to an activating group) is 1. The standard InChI is InChI=1S/C22H28N4O2S.C16H27N3.C2H6.CH4O/c1-2-26-20(12-24-10-17-5-3-4-6-18(17)11-24)23-9-19(21(26)27)28-13-16-7-22(8-16)14-25(29)15-22;1-7-8-15-11-19(10-14(15)4)12-16(18(5)6)17-9-13(2)3;2*1-2/h3-6,9,16,29H,2,7-8,10-15H2,1H3;7-9H,10-12H2,1-6H3;1-2H3;2H,1H3/b;8-7-,17-16?;;. The van der Waals surface area contributed by atoms with Crippen molar-refractivity contribution in [1.29, 1.82) is 0 Å². The number of ether oxygens (including phenoxy) is 1. The zero-order chi connectivity index (χ0) is 38.4. The molecule has 4 heterocycles. The Hall–Kier alpha value is -3.22. The second-order valence-electron chi connectivity index (χ2n) is 14.5. The van der Waals surface area contributed by atoms with E-state index in [4.69, 9.17) is 9.84 Å². The normalized spacial score (nSPS) is 18.3. The van der Waals surface area contributed by atoms with Crippen molar-refractivity contribution < 1.29 is 9.84 Å². The number of amidine groups is 1. The highest BCUT2D eigenvalue weighted by Gasteiger charge is 2.51. The summed E-state index contributed by atoms with van der Waals surface area (Å²) >= 11 is 4.37. The maximum Gasteiger partial charge on any atom is 0.295 e. The number of rotatable bonds is 10. The van der Waals surface area contributed by atoms with Gasteiger partial charge in [-0.05, 0) is 75.5 Å². The van der Waals surface area contributed by atoms with Crippen LogP contribution < -0.4 is 10.3 Å². The maximum atomic E-state index is 12.9. The van der Waals surface area contributed by atoms with Gasteiger partial charge in [0.05, 0.1) is 25.9 Å². The lowest BCUT2D eigenvalue weighted by molar-refractivity contribution is -0.0607. The Balaban J connectivity index is 0.000000277. The van der Waals surface area contributed by atoms with E-state index < -0.39 is 0 Å². The van der Waals surface area contributed by atoms with Crippen LogP contribution in [-0.2, 0) is 26.2 Å². The van der Waals surface area contributed by atoms with Crippen molar-refractivity contribution in [3.63, 3.8) is 0 Å². The van der Waals surface area contributed by atoms with Gasteiger partial charge in [-0.25, -0.2) is 9.98 Å². The first-order chi connectivity index (χ1) is 25.0. The van der Waals surface area contributed by atoms with E-state index in [9.17, 15) is 4.79 Å². The summed E-state index contributed by atoms with van der Waals surface area (Å²) in [6.07, 6.45) is 10.3. The summed E-state index contributed by atoms with van der Waals surface area (Å²) < 4.78 is 9.73. The molecule has 1 aromatic carbocycles. The molecule has 288 valence electrons. The van der Waals surface area contributed by atoms with Crippen LogP contribution in [-0.4, -0.2) is 100 Å². The van der Waals surface area contributed by atoms with E-state index in [2.05, 4.69) is 120 Å². The molecule has 3 aliphatic heterocycles. The van der Waals surface area contributed by atoms with Gasteiger partial charge in [0.15, 0.2) is 0 Å². The highest BCUT2D eigenvalue weighted by molar-refractivity contribution is 7.77. The minimum Gasteiger partial charge on any atom is -0.486 e. The number of thiol groups is 1. The van der Waals surface area contributed by atoms with E-state index in [0.717, 1.165) is 64.6 Å². The third-order valence-corrected chi connectivity index (χ3v) is 10.0. The van der Waals surface area contributed by atoms with Gasteiger partial charge in [0.25, 0.3) is 5.56 Å². The van der Waals surface area contributed by atoms with Gasteiger partial charge in [-0.2, -0.15) is 0 Å². The molecule has 1 aromatic heterocycles. The first-order valence-electron chi connectivity index (χ1n) is 18.8. The van der Waals surface area contributed by atoms with Gasteiger partial charge in [-0.15, -0.1) is 0 Å². The Bertz CT molecular complexity index is 1590. The number of hydrogen-bond acceptors (Lipinski definition) is 9. The smallest absolute Gasteiger partial charge is 0.295 e. The monoisotopic (exact) mass is 735 g/mol. The number of aliphatic hydroxyl groups excluding tert-OH is 1. The lowest BCUT2D eigenvalue weighted by Crippen LogP contribution is -2.59. The quantitative estimate of drug-likeness (QED) is 0.164. The molecule has 0 radical (unpaired) electrons. The summed E-state index contributed by atoms with van der Waals surface area (Å²) in [5.74, 6) is 2.83. The van der Waals surface area contributed by atoms with Crippen LogP contribution in [0.4, 0.5) is 0 Å². The van der Waals surface area contributed by atoms with Crippen LogP contribution in [0, 0.1) is 11.3 Å². The molecular formula is C41H65N7O3S. The second kappa shape index (κ2) is 20.9. The van der Waals surface area contributed by atoms with Gasteiger partial charge in [-0.3, -0.25) is 23.5 Å². The summed E-state index contributed by atoms with van der Waals surface area (Å²) in [5.41, 5.74) is 7.28. The number of allylic oxidation sites excluding steroid dienone is 2. The fourth-order valence-corrected chi connectivity index (χ4v) is 7.93. The van der Waals surface area contributed by atoms with E-state index >= 15 is 0 Å². The average Bonchev–Trinajstić information content (AvgIpc) is 3.68. The van der Waals surface area contributed by atoms with Crippen LogP contribution in [0.3, 0.4) is 0 Å². The van der Waals surface area contributed by atoms with Crippen LogP contribution >= 0.6 is 12.8 Å². The molecule has 1 aliphatic carbocycles. The molecule has 11 heteroatoms. The molecule has 6 rings (SSSR count). The summed E-state index contributed by atoms with van der Waals surface area (Å²) in [4.78, 5) is 29.0. The fourth-order valence-electron chi connectivity index (χ4n) is 7.33. The van der Waals surface area contributed by atoms with Gasteiger partial charge >= 0.3 is 0 Å². The number of benzene rings is 1. The molecule has 2 aromatic rings. The number of aliphatic hydroxyl groups is 1. The van der Waals surface area contributed by atoms with Gasteiger partial charge in [0.2, 0.25) is 5.75 Å². The highest BCUT2D eigenvalue weighted by Crippen LogP contribution is 2.52. The summed E-state index contributed by atoms with van der Waals surface area (Å²) in [5, 5.41) is 7.00. The summed E-state index contributed by atoms with van der Waals surface area (Å²) in [6, 6.07) is 8.51. The van der Waals surface area contributed by atoms with Crippen molar-refractivity contribution in [2.24, 2.45) is 16.3 Å². The first-order valence-corrected chi connectivity index (χ1v) is 19.2. The Morgan fingerprint density at radius 3 is 2.25 bits per heavy atom. The van der Waals surface area contributed by atoms with Crippen molar-refractivity contribution in [3.05, 3.63) is 92.8 Å². The molecule has 2 fully saturated rings. The Labute approximate surface area is 319 Å². The van der Waals surface area contributed by atoms with E-state index in [1.807, 2.05) is 27.0 Å². The molecule has 1 spiro atoms. The van der Waals surface area contributed by atoms with Crippen molar-refractivity contribution in [1.82, 2.24) is 28.6 Å². The fraction of sp³-hybridized carbons (Fsp3) is 0.585. The van der Waals surface area contributed by atoms with E-state index in [1.165, 1.54) is 40.7 Å². The number of nitrogens with zero attached hydrogens (tertiary/aromatic N) is 7. The van der Waals surface area contributed by atoms with Crippen molar-refractivity contribution in [2.75, 3.05) is 60.5 Å². The number of fused-ring (bicyclic) bond motifs is 1. The number of hydrogen-bond donors (Lipinski definition) is 2. The number of aliphatic imine (C=N–C) groups is 1. The van der Waals surface area contributed by atoms with Crippen LogP contribution in [0.25, 0.3) is 0 Å². The topological polar surface area (TPSA) is 89.7 Å². The van der Waals surface area contributed by atoms with Gasteiger partial charge in [-0.1, -0.05) is 74.2 Å². The largest absolute Gasteiger partial charge is 0.486 e. The summed E-state index contributed by atoms with van der Waals surface area (Å²) in [6.45, 7) is 23.2. The molecule has 4 aliphatic rings. The molecule has 1 N–H and O–H groups in total. The predicted molar refractivity (Wildman–Crippen MR) is 219 cm³/mol. The minimum absolute atomic E-state index is 0.0616. The Morgan fingerprint density at radius 1 is 1.08 bits per heavy atom. The minimum atomic E-state index is -0.0616. The zero-order valence-corrected chi connectivity index (χ0v) is 34.4. The van der Waals surface area contributed by atoms with Crippen LogP contribution in [0.2, 0.25) is 0 Å². The van der Waals surface area contributed by atoms with Gasteiger partial charge in [0.1, 0.15) is 11.7 Å². The maximum absolute atomic E-state index is 12.9. The van der Waals surface area contributed by atoms with Crippen LogP contribution in [0.15, 0.2) is 75.3 Å². The molecule has 0 atom stereocenters. The lowest BCUT2D eigenvalue weighted by atomic mass is 9.59. The highest BCUT2D eigenvalue weighted by atomic mass is 32.1. The molecule has 0 bridgehead atoms. The Morgan fingerprint density at radius 2 is 1.71 bits per heavy atom. The lowest BCUT2D eigenvalue weighted by Gasteiger charge is -2.57. The van der Waals surface area contributed by atoms with Crippen molar-refractivity contribution >= 4 is 18.7 Å². The SMILES string of the molecule is C/C=C\C1=C(C)CN(CC(=NC=C(C)C)N(C)C)C1.CC.CCn1c(CN2Cc3ccccc3C2)ncc(OCC2CC3(C2)CN(S)C3)c1=O.CO. The van der Waals surface area contributed by atoms with E-state index in [1.54, 1.807) is 10.8 Å².